The van der Waals surface area contributed by atoms with Crippen LogP contribution in [0.4, 0.5) is 0 Å². The van der Waals surface area contributed by atoms with Gasteiger partial charge in [0.05, 0.1) is 6.20 Å². The number of phenols is 1. The summed E-state index contributed by atoms with van der Waals surface area (Å²) in [4.78, 5) is 14.3. The van der Waals surface area contributed by atoms with Crippen molar-refractivity contribution in [2.75, 3.05) is 6.54 Å². The van der Waals surface area contributed by atoms with Crippen molar-refractivity contribution in [1.82, 2.24) is 14.7 Å². The lowest BCUT2D eigenvalue weighted by atomic mass is 9.86. The molecule has 4 rings (SSSR count). The summed E-state index contributed by atoms with van der Waals surface area (Å²) in [6.45, 7) is 1.03. The number of fused-ring (bicyclic) bond motifs is 2. The molecule has 0 atom stereocenters. The number of aromatic nitrogens is 2. The van der Waals surface area contributed by atoms with Crippen LogP contribution in [0, 0.1) is 0 Å². The molecule has 1 amide bonds. The van der Waals surface area contributed by atoms with Gasteiger partial charge < -0.3 is 10.0 Å². The van der Waals surface area contributed by atoms with Gasteiger partial charge in [0.2, 0.25) is 15.9 Å². The third-order valence-electron chi connectivity index (χ3n) is 4.96. The van der Waals surface area contributed by atoms with Crippen LogP contribution in [0.25, 0.3) is 0 Å². The van der Waals surface area contributed by atoms with Gasteiger partial charge in [0.15, 0.2) is 0 Å². The summed E-state index contributed by atoms with van der Waals surface area (Å²) in [6.07, 6.45) is 4.38. The van der Waals surface area contributed by atoms with Crippen molar-refractivity contribution in [1.29, 1.82) is 0 Å². The van der Waals surface area contributed by atoms with E-state index in [1.54, 1.807) is 17.0 Å². The van der Waals surface area contributed by atoms with Crippen LogP contribution >= 0.6 is 0 Å². The number of phenolic OH excluding ortho intramolecular Hbond substituents is 1. The maximum absolute atomic E-state index is 12.7. The third-order valence-corrected chi connectivity index (χ3v) is 5.83. The zero-order chi connectivity index (χ0) is 17.8. The fraction of sp³-hybridized carbons (Fsp3) is 0.375. The lowest BCUT2D eigenvalue weighted by Crippen LogP contribution is -2.43. The van der Waals surface area contributed by atoms with Crippen molar-refractivity contribution in [3.8, 4) is 5.75 Å². The van der Waals surface area contributed by atoms with Crippen molar-refractivity contribution >= 4 is 15.9 Å². The van der Waals surface area contributed by atoms with Crippen LogP contribution in [0.2, 0.25) is 0 Å². The second kappa shape index (κ2) is 5.30. The number of aromatic hydroxyl groups is 1. The average molecular weight is 362 g/mol. The highest BCUT2D eigenvalue weighted by Crippen LogP contribution is 2.53. The Hall–Kier alpha value is -2.39. The Kier molecular flexibility index (Phi) is 3.41. The van der Waals surface area contributed by atoms with E-state index in [1.807, 2.05) is 6.07 Å². The number of benzene rings is 1. The van der Waals surface area contributed by atoms with E-state index in [4.69, 9.17) is 5.14 Å². The van der Waals surface area contributed by atoms with E-state index in [9.17, 15) is 18.3 Å². The first kappa shape index (κ1) is 16.1. The Balaban J connectivity index is 1.54. The summed E-state index contributed by atoms with van der Waals surface area (Å²) in [5.74, 6) is 0.117. The van der Waals surface area contributed by atoms with Crippen molar-refractivity contribution < 1.29 is 18.3 Å². The predicted molar refractivity (Wildman–Crippen MR) is 88.0 cm³/mol. The topological polar surface area (TPSA) is 119 Å². The van der Waals surface area contributed by atoms with Gasteiger partial charge in [0.25, 0.3) is 0 Å². The minimum atomic E-state index is -3.83. The number of nitrogens with zero attached hydrogens (tertiary/aromatic N) is 3. The van der Waals surface area contributed by atoms with Crippen molar-refractivity contribution in [2.45, 2.75) is 36.2 Å². The second-order valence-corrected chi connectivity index (χ2v) is 8.35. The van der Waals surface area contributed by atoms with E-state index in [-0.39, 0.29) is 28.5 Å². The average Bonchev–Trinajstić information content (AvgIpc) is 3.13. The van der Waals surface area contributed by atoms with E-state index in [1.165, 1.54) is 10.9 Å². The lowest BCUT2D eigenvalue weighted by Gasteiger charge is -2.35. The number of sulfonamides is 1. The Labute approximate surface area is 144 Å². The highest BCUT2D eigenvalue weighted by molar-refractivity contribution is 7.89. The largest absolute Gasteiger partial charge is 0.508 e. The molecule has 1 saturated carbocycles. The number of hydrogen-bond donors (Lipinski definition) is 2. The minimum Gasteiger partial charge on any atom is -0.508 e. The predicted octanol–water partition coefficient (Wildman–Crippen LogP) is 0.310. The highest BCUT2D eigenvalue weighted by atomic mass is 32.2. The molecule has 9 heteroatoms. The zero-order valence-corrected chi connectivity index (χ0v) is 14.2. The molecule has 1 aliphatic carbocycles. The van der Waals surface area contributed by atoms with E-state index >= 15 is 0 Å². The van der Waals surface area contributed by atoms with E-state index in [2.05, 4.69) is 5.10 Å². The summed E-state index contributed by atoms with van der Waals surface area (Å²) < 4.78 is 23.9. The molecule has 3 N–H and O–H groups in total. The molecule has 2 aromatic rings. The molecule has 1 aromatic heterocycles. The SMILES string of the molecule is NS(=O)(=O)c1cnn(CC(=O)N2Cc3ccc(O)cc3C3(CC3)C2)c1. The van der Waals surface area contributed by atoms with Gasteiger partial charge >= 0.3 is 0 Å². The van der Waals surface area contributed by atoms with Gasteiger partial charge in [0, 0.05) is 24.7 Å². The fourth-order valence-corrected chi connectivity index (χ4v) is 3.94. The number of carbonyl (C=O) groups is 1. The number of hydrogen-bond acceptors (Lipinski definition) is 5. The first-order chi connectivity index (χ1) is 11.8. The second-order valence-electron chi connectivity index (χ2n) is 6.79. The molecule has 2 aliphatic rings. The molecule has 0 unspecified atom stereocenters. The van der Waals surface area contributed by atoms with Crippen molar-refractivity contribution in [3.05, 3.63) is 41.7 Å². The maximum atomic E-state index is 12.7. The van der Waals surface area contributed by atoms with Gasteiger partial charge in [-0.15, -0.1) is 0 Å². The lowest BCUT2D eigenvalue weighted by molar-refractivity contribution is -0.133. The maximum Gasteiger partial charge on any atom is 0.244 e. The van der Waals surface area contributed by atoms with Gasteiger partial charge in [-0.25, -0.2) is 13.6 Å². The van der Waals surface area contributed by atoms with Gasteiger partial charge in [0.1, 0.15) is 17.2 Å². The van der Waals surface area contributed by atoms with Crippen molar-refractivity contribution in [2.24, 2.45) is 5.14 Å². The number of nitrogens with two attached hydrogens (primary N) is 1. The third kappa shape index (κ3) is 2.89. The molecule has 1 spiro atoms. The summed E-state index contributed by atoms with van der Waals surface area (Å²) in [5, 5.41) is 18.7. The minimum absolute atomic E-state index is 0.0426. The highest BCUT2D eigenvalue weighted by Gasteiger charge is 2.50. The fourth-order valence-electron chi connectivity index (χ4n) is 3.48. The normalized spacial score (nSPS) is 18.2. The molecule has 2 heterocycles. The van der Waals surface area contributed by atoms with Crippen LogP contribution in [0.15, 0.2) is 35.5 Å². The quantitative estimate of drug-likeness (QED) is 0.815. The Morgan fingerprint density at radius 2 is 2.12 bits per heavy atom. The molecule has 25 heavy (non-hydrogen) atoms. The van der Waals surface area contributed by atoms with Gasteiger partial charge in [-0.2, -0.15) is 5.10 Å². The first-order valence-electron chi connectivity index (χ1n) is 7.92. The van der Waals surface area contributed by atoms with Gasteiger partial charge in [-0.3, -0.25) is 9.48 Å². The zero-order valence-electron chi connectivity index (χ0n) is 13.4. The number of carbonyl (C=O) groups excluding carboxylic acids is 1. The van der Waals surface area contributed by atoms with Crippen LogP contribution < -0.4 is 5.14 Å². The Morgan fingerprint density at radius 3 is 2.76 bits per heavy atom. The molecule has 8 nitrogen and oxygen atoms in total. The van der Waals surface area contributed by atoms with Crippen LogP contribution in [0.1, 0.15) is 24.0 Å². The smallest absolute Gasteiger partial charge is 0.244 e. The summed E-state index contributed by atoms with van der Waals surface area (Å²) in [7, 11) is -3.83. The first-order valence-corrected chi connectivity index (χ1v) is 9.47. The van der Waals surface area contributed by atoms with Crippen molar-refractivity contribution in [3.63, 3.8) is 0 Å². The van der Waals surface area contributed by atoms with E-state index in [0.717, 1.165) is 30.2 Å². The molecular formula is C16H18N4O4S. The molecule has 0 radical (unpaired) electrons. The number of rotatable bonds is 3. The van der Waals surface area contributed by atoms with Crippen LogP contribution in [0.3, 0.4) is 0 Å². The summed E-state index contributed by atoms with van der Waals surface area (Å²) in [6, 6.07) is 5.29. The van der Waals surface area contributed by atoms with Crippen LogP contribution in [0.5, 0.6) is 5.75 Å². The monoisotopic (exact) mass is 362 g/mol. The molecule has 1 fully saturated rings. The number of primary sulfonamides is 1. The molecule has 0 bridgehead atoms. The molecular weight excluding hydrogens is 344 g/mol. The Bertz CT molecular complexity index is 962. The van der Waals surface area contributed by atoms with E-state index in [0.29, 0.717) is 13.1 Å². The molecule has 1 aliphatic heterocycles. The number of amides is 1. The molecule has 1 aromatic carbocycles. The summed E-state index contributed by atoms with van der Waals surface area (Å²) >= 11 is 0. The van der Waals surface area contributed by atoms with Crippen LogP contribution in [-0.2, 0) is 33.3 Å². The van der Waals surface area contributed by atoms with Gasteiger partial charge in [-0.1, -0.05) is 6.07 Å². The van der Waals surface area contributed by atoms with E-state index < -0.39 is 10.0 Å². The Morgan fingerprint density at radius 1 is 1.36 bits per heavy atom. The molecule has 0 saturated heterocycles. The standard InChI is InChI=1S/C16H18N4O4S/c17-25(23,24)13-6-18-20(8-13)9-15(22)19-7-11-1-2-12(21)5-14(11)16(10-19)3-4-16/h1-2,5-6,8,21H,3-4,7,9-10H2,(H2,17,23,24). The van der Waals surface area contributed by atoms with Crippen LogP contribution in [-0.4, -0.2) is 40.7 Å². The molecule has 132 valence electrons. The van der Waals surface area contributed by atoms with Gasteiger partial charge in [-0.05, 0) is 36.1 Å². The summed E-state index contributed by atoms with van der Waals surface area (Å²) in [5.41, 5.74) is 2.12.